The van der Waals surface area contributed by atoms with Crippen LogP contribution in [0.15, 0.2) is 36.5 Å². The Bertz CT molecular complexity index is 405. The number of aliphatic hydroxyl groups excluding tert-OH is 1. The first-order valence-electron chi connectivity index (χ1n) is 5.06. The van der Waals surface area contributed by atoms with Crippen LogP contribution in [-0.2, 0) is 6.54 Å². The number of aryl methyl sites for hydroxylation is 1. The van der Waals surface area contributed by atoms with Crippen molar-refractivity contribution in [1.29, 1.82) is 0 Å². The molecular formula is C12H15NO. The van der Waals surface area contributed by atoms with Crippen LogP contribution < -0.4 is 0 Å². The van der Waals surface area contributed by atoms with E-state index in [1.54, 1.807) is 0 Å². The second-order valence-electron chi connectivity index (χ2n) is 3.50. The van der Waals surface area contributed by atoms with Crippen molar-refractivity contribution in [3.8, 4) is 0 Å². The zero-order chi connectivity index (χ0) is 9.80. The third-order valence-corrected chi connectivity index (χ3v) is 2.49. The fourth-order valence-corrected chi connectivity index (χ4v) is 1.73. The summed E-state index contributed by atoms with van der Waals surface area (Å²) in [5, 5.41) is 9.99. The number of nitrogens with zero attached hydrogens (tertiary/aromatic N) is 1. The summed E-state index contributed by atoms with van der Waals surface area (Å²) in [6.45, 7) is 1.28. The van der Waals surface area contributed by atoms with E-state index in [9.17, 15) is 0 Å². The van der Waals surface area contributed by atoms with Gasteiger partial charge in [-0.15, -0.1) is 0 Å². The number of rotatable bonds is 4. The number of benzene rings is 1. The number of aliphatic hydroxyl groups is 1. The topological polar surface area (TPSA) is 25.2 Å². The Kier molecular flexibility index (Phi) is 2.84. The van der Waals surface area contributed by atoms with Crippen molar-refractivity contribution in [2.75, 3.05) is 6.61 Å². The number of hydrogen-bond acceptors (Lipinski definition) is 1. The van der Waals surface area contributed by atoms with Crippen molar-refractivity contribution in [2.45, 2.75) is 19.4 Å². The molecule has 0 atom stereocenters. The molecule has 0 fully saturated rings. The Morgan fingerprint density at radius 3 is 2.79 bits per heavy atom. The Hall–Kier alpha value is -1.28. The third kappa shape index (κ3) is 1.80. The number of hydrogen-bond donors (Lipinski definition) is 1. The van der Waals surface area contributed by atoms with Gasteiger partial charge in [-0.3, -0.25) is 0 Å². The highest BCUT2D eigenvalue weighted by Crippen LogP contribution is 2.15. The molecule has 0 saturated carbocycles. The summed E-state index contributed by atoms with van der Waals surface area (Å²) < 4.78 is 2.24. The van der Waals surface area contributed by atoms with Crippen LogP contribution in [0.2, 0.25) is 0 Å². The SMILES string of the molecule is OCCCCn1ccc2ccccc21. The normalized spacial score (nSPS) is 10.9. The highest BCUT2D eigenvalue weighted by molar-refractivity contribution is 5.79. The minimum atomic E-state index is 0.291. The average molecular weight is 189 g/mol. The Labute approximate surface area is 83.8 Å². The number of para-hydroxylation sites is 1. The van der Waals surface area contributed by atoms with Crippen LogP contribution in [-0.4, -0.2) is 16.3 Å². The summed E-state index contributed by atoms with van der Waals surface area (Å²) in [5.41, 5.74) is 1.28. The first-order chi connectivity index (χ1) is 6.92. The first-order valence-corrected chi connectivity index (χ1v) is 5.06. The molecular weight excluding hydrogens is 174 g/mol. The van der Waals surface area contributed by atoms with Gasteiger partial charge in [-0.1, -0.05) is 18.2 Å². The maximum absolute atomic E-state index is 8.70. The summed E-state index contributed by atoms with van der Waals surface area (Å²) >= 11 is 0. The molecule has 0 amide bonds. The molecule has 2 heteroatoms. The van der Waals surface area contributed by atoms with E-state index in [2.05, 4.69) is 41.1 Å². The zero-order valence-electron chi connectivity index (χ0n) is 8.19. The molecule has 1 N–H and O–H groups in total. The van der Waals surface area contributed by atoms with E-state index < -0.39 is 0 Å². The predicted molar refractivity (Wildman–Crippen MR) is 58.3 cm³/mol. The second-order valence-corrected chi connectivity index (χ2v) is 3.50. The molecule has 14 heavy (non-hydrogen) atoms. The molecule has 1 aromatic heterocycles. The molecule has 0 spiro atoms. The fraction of sp³-hybridized carbons (Fsp3) is 0.333. The highest BCUT2D eigenvalue weighted by Gasteiger charge is 1.98. The lowest BCUT2D eigenvalue weighted by Gasteiger charge is -2.03. The standard InChI is InChI=1S/C12H15NO/c14-10-4-3-8-13-9-7-11-5-1-2-6-12(11)13/h1-2,5-7,9,14H,3-4,8,10H2. The van der Waals surface area contributed by atoms with Gasteiger partial charge in [-0.05, 0) is 30.4 Å². The molecule has 0 bridgehead atoms. The van der Waals surface area contributed by atoms with E-state index in [0.717, 1.165) is 19.4 Å². The summed E-state index contributed by atoms with van der Waals surface area (Å²) in [7, 11) is 0. The van der Waals surface area contributed by atoms with Gasteiger partial charge in [0.25, 0.3) is 0 Å². The summed E-state index contributed by atoms with van der Waals surface area (Å²) in [6.07, 6.45) is 4.03. The van der Waals surface area contributed by atoms with Crippen LogP contribution in [0, 0.1) is 0 Å². The average Bonchev–Trinajstić information content (AvgIpc) is 2.63. The van der Waals surface area contributed by atoms with Crippen LogP contribution in [0.1, 0.15) is 12.8 Å². The molecule has 1 heterocycles. The molecule has 1 aromatic carbocycles. The Morgan fingerprint density at radius 1 is 1.07 bits per heavy atom. The van der Waals surface area contributed by atoms with Crippen LogP contribution in [0.5, 0.6) is 0 Å². The van der Waals surface area contributed by atoms with E-state index in [4.69, 9.17) is 5.11 Å². The molecule has 0 saturated heterocycles. The molecule has 74 valence electrons. The summed E-state index contributed by atoms with van der Waals surface area (Å²) in [6, 6.07) is 10.5. The molecule has 2 aromatic rings. The number of aromatic nitrogens is 1. The maximum atomic E-state index is 8.70. The van der Waals surface area contributed by atoms with Gasteiger partial charge in [0.1, 0.15) is 0 Å². The monoisotopic (exact) mass is 189 g/mol. The van der Waals surface area contributed by atoms with Crippen LogP contribution in [0.25, 0.3) is 10.9 Å². The minimum Gasteiger partial charge on any atom is -0.396 e. The number of fused-ring (bicyclic) bond motifs is 1. The van der Waals surface area contributed by atoms with Crippen LogP contribution in [0.3, 0.4) is 0 Å². The van der Waals surface area contributed by atoms with Crippen molar-refractivity contribution >= 4 is 10.9 Å². The van der Waals surface area contributed by atoms with Gasteiger partial charge in [-0.2, -0.15) is 0 Å². The van der Waals surface area contributed by atoms with Gasteiger partial charge < -0.3 is 9.67 Å². The fourth-order valence-electron chi connectivity index (χ4n) is 1.73. The lowest BCUT2D eigenvalue weighted by molar-refractivity contribution is 0.281. The molecule has 0 aliphatic carbocycles. The van der Waals surface area contributed by atoms with Crippen molar-refractivity contribution in [3.05, 3.63) is 36.5 Å². The van der Waals surface area contributed by atoms with Gasteiger partial charge in [0, 0.05) is 24.9 Å². The van der Waals surface area contributed by atoms with Crippen molar-refractivity contribution in [1.82, 2.24) is 4.57 Å². The van der Waals surface area contributed by atoms with Gasteiger partial charge >= 0.3 is 0 Å². The summed E-state index contributed by atoms with van der Waals surface area (Å²) in [5.74, 6) is 0. The Balaban J connectivity index is 2.17. The zero-order valence-corrected chi connectivity index (χ0v) is 8.19. The van der Waals surface area contributed by atoms with Crippen molar-refractivity contribution in [3.63, 3.8) is 0 Å². The maximum Gasteiger partial charge on any atom is 0.0480 e. The molecule has 2 rings (SSSR count). The smallest absolute Gasteiger partial charge is 0.0480 e. The number of unbranched alkanes of at least 4 members (excludes halogenated alkanes) is 1. The largest absolute Gasteiger partial charge is 0.396 e. The molecule has 0 unspecified atom stereocenters. The van der Waals surface area contributed by atoms with Crippen molar-refractivity contribution in [2.24, 2.45) is 0 Å². The van der Waals surface area contributed by atoms with Gasteiger partial charge in [0.15, 0.2) is 0 Å². The van der Waals surface area contributed by atoms with Gasteiger partial charge in [0.05, 0.1) is 0 Å². The van der Waals surface area contributed by atoms with E-state index >= 15 is 0 Å². The van der Waals surface area contributed by atoms with E-state index in [0.29, 0.717) is 6.61 Å². The van der Waals surface area contributed by atoms with Crippen molar-refractivity contribution < 1.29 is 5.11 Å². The van der Waals surface area contributed by atoms with Gasteiger partial charge in [0.2, 0.25) is 0 Å². The minimum absolute atomic E-state index is 0.291. The second kappa shape index (κ2) is 4.29. The third-order valence-electron chi connectivity index (χ3n) is 2.49. The summed E-state index contributed by atoms with van der Waals surface area (Å²) in [4.78, 5) is 0. The van der Waals surface area contributed by atoms with Crippen LogP contribution in [0.4, 0.5) is 0 Å². The predicted octanol–water partition coefficient (Wildman–Crippen LogP) is 2.41. The van der Waals surface area contributed by atoms with E-state index in [1.165, 1.54) is 10.9 Å². The quantitative estimate of drug-likeness (QED) is 0.734. The Morgan fingerprint density at radius 2 is 1.93 bits per heavy atom. The lowest BCUT2D eigenvalue weighted by atomic mass is 10.2. The molecule has 0 aliphatic rings. The molecule has 0 aliphatic heterocycles. The molecule has 2 nitrogen and oxygen atoms in total. The first kappa shape index (κ1) is 9.28. The van der Waals surface area contributed by atoms with E-state index in [1.807, 2.05) is 0 Å². The van der Waals surface area contributed by atoms with E-state index in [-0.39, 0.29) is 0 Å². The lowest BCUT2D eigenvalue weighted by Crippen LogP contribution is -1.96. The van der Waals surface area contributed by atoms with Crippen LogP contribution >= 0.6 is 0 Å². The van der Waals surface area contributed by atoms with Gasteiger partial charge in [-0.25, -0.2) is 0 Å². The highest BCUT2D eigenvalue weighted by atomic mass is 16.2. The molecule has 0 radical (unpaired) electrons.